The van der Waals surface area contributed by atoms with Gasteiger partial charge in [0.25, 0.3) is 0 Å². The number of rotatable bonds is 2. The maximum Gasteiger partial charge on any atom is 0.0682 e. The first-order valence-corrected chi connectivity index (χ1v) is 13.6. The molecule has 1 atom stereocenters. The van der Waals surface area contributed by atoms with Crippen molar-refractivity contribution >= 4 is 21.5 Å². The predicted octanol–water partition coefficient (Wildman–Crippen LogP) is 9.03. The summed E-state index contributed by atoms with van der Waals surface area (Å²) < 4.78 is 0. The van der Waals surface area contributed by atoms with Crippen molar-refractivity contribution in [1.29, 1.82) is 0 Å². The molecule has 0 N–H and O–H groups in total. The summed E-state index contributed by atoms with van der Waals surface area (Å²) in [7, 11) is 0. The van der Waals surface area contributed by atoms with E-state index in [-0.39, 0.29) is 5.41 Å². The first-order valence-electron chi connectivity index (χ1n) is 12.7. The molecule has 1 heteroatoms. The van der Waals surface area contributed by atoms with Crippen LogP contribution in [0.5, 0.6) is 0 Å². The van der Waals surface area contributed by atoms with Crippen LogP contribution in [0.2, 0.25) is 0 Å². The molecular formula is C34H27Br. The number of alkyl halides is 1. The van der Waals surface area contributed by atoms with Gasteiger partial charge in [0, 0.05) is 10.7 Å². The normalized spacial score (nSPS) is 23.6. The highest BCUT2D eigenvalue weighted by Crippen LogP contribution is 2.62. The van der Waals surface area contributed by atoms with E-state index in [1.165, 1.54) is 55.7 Å². The number of allylic oxidation sites excluding steroid dienone is 4. The average molecular weight is 515 g/mol. The quantitative estimate of drug-likeness (QED) is 0.234. The summed E-state index contributed by atoms with van der Waals surface area (Å²) in [6.07, 6.45) is 6.81. The minimum Gasteiger partial charge on any atom is -0.0842 e. The Kier molecular flexibility index (Phi) is 4.79. The molecule has 0 aromatic heterocycles. The van der Waals surface area contributed by atoms with Gasteiger partial charge in [-0.2, -0.15) is 0 Å². The highest BCUT2D eigenvalue weighted by molar-refractivity contribution is 9.09. The molecule has 0 saturated carbocycles. The Bertz CT molecular complexity index is 1470. The molecule has 3 aliphatic carbocycles. The number of hydrogen-bond donors (Lipinski definition) is 0. The maximum absolute atomic E-state index is 3.96. The van der Waals surface area contributed by atoms with Crippen LogP contribution in [-0.4, -0.2) is 4.83 Å². The molecule has 7 rings (SSSR count). The molecule has 0 fully saturated rings. The summed E-state index contributed by atoms with van der Waals surface area (Å²) >= 11 is 3.96. The zero-order valence-corrected chi connectivity index (χ0v) is 21.4. The molecule has 1 spiro atoms. The van der Waals surface area contributed by atoms with Gasteiger partial charge in [-0.3, -0.25) is 0 Å². The Labute approximate surface area is 216 Å². The molecule has 0 aliphatic heterocycles. The van der Waals surface area contributed by atoms with Gasteiger partial charge < -0.3 is 0 Å². The van der Waals surface area contributed by atoms with Gasteiger partial charge in [0.05, 0.1) is 5.41 Å². The number of fused-ring (bicyclic) bond motifs is 8. The predicted molar refractivity (Wildman–Crippen MR) is 150 cm³/mol. The molecule has 3 aliphatic rings. The van der Waals surface area contributed by atoms with E-state index in [2.05, 4.69) is 132 Å². The lowest BCUT2D eigenvalue weighted by atomic mass is 9.57. The second kappa shape index (κ2) is 7.93. The van der Waals surface area contributed by atoms with E-state index in [1.54, 1.807) is 0 Å². The molecule has 0 heterocycles. The fraction of sp³-hybridized carbons (Fsp3) is 0.176. The van der Waals surface area contributed by atoms with Gasteiger partial charge in [-0.1, -0.05) is 126 Å². The van der Waals surface area contributed by atoms with Gasteiger partial charge in [-0.15, -0.1) is 0 Å². The van der Waals surface area contributed by atoms with Crippen molar-refractivity contribution in [3.8, 4) is 11.1 Å². The van der Waals surface area contributed by atoms with Crippen molar-refractivity contribution in [3.05, 3.63) is 148 Å². The minimum absolute atomic E-state index is 0.259. The van der Waals surface area contributed by atoms with Crippen LogP contribution in [0.15, 0.2) is 115 Å². The Morgan fingerprint density at radius 2 is 1.40 bits per heavy atom. The van der Waals surface area contributed by atoms with Gasteiger partial charge >= 0.3 is 0 Å². The van der Waals surface area contributed by atoms with Gasteiger partial charge in [-0.05, 0) is 74.6 Å². The van der Waals surface area contributed by atoms with E-state index < -0.39 is 0 Å². The first-order chi connectivity index (χ1) is 17.2. The largest absolute Gasteiger partial charge is 0.0842 e. The molecule has 35 heavy (non-hydrogen) atoms. The van der Waals surface area contributed by atoms with Crippen molar-refractivity contribution in [2.24, 2.45) is 0 Å². The van der Waals surface area contributed by atoms with Crippen LogP contribution in [0.1, 0.15) is 59.1 Å². The molecule has 0 saturated heterocycles. The van der Waals surface area contributed by atoms with E-state index in [0.717, 1.165) is 12.8 Å². The Morgan fingerprint density at radius 1 is 0.743 bits per heavy atom. The van der Waals surface area contributed by atoms with Crippen LogP contribution in [0.3, 0.4) is 0 Å². The van der Waals surface area contributed by atoms with Crippen molar-refractivity contribution in [3.63, 3.8) is 0 Å². The summed E-state index contributed by atoms with van der Waals surface area (Å²) in [5.41, 5.74) is 14.0. The first kappa shape index (κ1) is 21.1. The van der Waals surface area contributed by atoms with Crippen LogP contribution in [0, 0.1) is 0 Å². The second-order valence-corrected chi connectivity index (χ2v) is 11.2. The molecule has 4 aromatic carbocycles. The van der Waals surface area contributed by atoms with E-state index in [0.29, 0.717) is 10.7 Å². The number of hydrogen-bond acceptors (Lipinski definition) is 0. The monoisotopic (exact) mass is 514 g/mol. The lowest BCUT2D eigenvalue weighted by molar-refractivity contribution is 0.621. The van der Waals surface area contributed by atoms with Gasteiger partial charge in [-0.25, -0.2) is 0 Å². The summed E-state index contributed by atoms with van der Waals surface area (Å²) in [5.74, 6) is 0.428. The van der Waals surface area contributed by atoms with Crippen molar-refractivity contribution < 1.29 is 0 Å². The Balaban J connectivity index is 1.62. The molecule has 4 aromatic rings. The zero-order chi connectivity index (χ0) is 23.6. The van der Waals surface area contributed by atoms with Crippen LogP contribution in [0.25, 0.3) is 16.7 Å². The van der Waals surface area contributed by atoms with E-state index >= 15 is 0 Å². The topological polar surface area (TPSA) is 0 Å². The number of halogens is 1. The van der Waals surface area contributed by atoms with Crippen LogP contribution in [0.4, 0.5) is 0 Å². The van der Waals surface area contributed by atoms with Crippen LogP contribution >= 0.6 is 15.9 Å². The van der Waals surface area contributed by atoms with Crippen molar-refractivity contribution in [2.75, 3.05) is 0 Å². The summed E-state index contributed by atoms with van der Waals surface area (Å²) in [6.45, 7) is 2.33. The molecule has 0 radical (unpaired) electrons. The lowest BCUT2D eigenvalue weighted by Crippen LogP contribution is -2.37. The summed E-state index contributed by atoms with van der Waals surface area (Å²) in [6, 6.07) is 36.5. The Morgan fingerprint density at radius 3 is 2.09 bits per heavy atom. The van der Waals surface area contributed by atoms with E-state index in [4.69, 9.17) is 0 Å². The molecular weight excluding hydrogens is 488 g/mol. The van der Waals surface area contributed by atoms with E-state index in [1.807, 2.05) is 0 Å². The highest BCUT2D eigenvalue weighted by atomic mass is 79.9. The fourth-order valence-electron chi connectivity index (χ4n) is 7.00. The molecule has 1 unspecified atom stereocenters. The smallest absolute Gasteiger partial charge is 0.0682 e. The third-order valence-electron chi connectivity index (χ3n) is 8.36. The third kappa shape index (κ3) is 2.85. The lowest BCUT2D eigenvalue weighted by Gasteiger charge is -2.45. The van der Waals surface area contributed by atoms with Gasteiger partial charge in [0.15, 0.2) is 0 Å². The van der Waals surface area contributed by atoms with Crippen molar-refractivity contribution in [1.82, 2.24) is 0 Å². The molecule has 0 bridgehead atoms. The Hall–Kier alpha value is -3.16. The van der Waals surface area contributed by atoms with Crippen molar-refractivity contribution in [2.45, 2.75) is 35.9 Å². The van der Waals surface area contributed by atoms with E-state index in [9.17, 15) is 0 Å². The second-order valence-electron chi connectivity index (χ2n) is 9.98. The zero-order valence-electron chi connectivity index (χ0n) is 19.8. The van der Waals surface area contributed by atoms with Crippen LogP contribution in [-0.2, 0) is 5.41 Å². The summed E-state index contributed by atoms with van der Waals surface area (Å²) in [4.78, 5) is 0.351. The molecule has 0 amide bonds. The standard InChI is InChI=1S/C34H27Br/c1-2-25-26-12-6-8-14-30(26)34(31-15-9-7-13-27(25)31)32-20-23(22-10-4-3-5-11-22)16-18-28(32)29-19-17-24(35)21-33(29)34/h3-20,24-25H,2,21H2,1H3. The van der Waals surface area contributed by atoms with Crippen LogP contribution < -0.4 is 0 Å². The average Bonchev–Trinajstić information content (AvgIpc) is 3.19. The number of benzene rings is 4. The fourth-order valence-corrected chi connectivity index (χ4v) is 7.47. The third-order valence-corrected chi connectivity index (χ3v) is 8.99. The van der Waals surface area contributed by atoms with Gasteiger partial charge in [0.1, 0.15) is 0 Å². The minimum atomic E-state index is -0.259. The molecule has 0 nitrogen and oxygen atoms in total. The maximum atomic E-state index is 3.96. The van der Waals surface area contributed by atoms with Gasteiger partial charge in [0.2, 0.25) is 0 Å². The highest BCUT2D eigenvalue weighted by Gasteiger charge is 2.52. The SMILES string of the molecule is CCC1c2ccccc2C2(C3=C(C=CC(Br)C3)c3ccc(-c4ccccc4)cc32)c2ccccc21. The summed E-state index contributed by atoms with van der Waals surface area (Å²) in [5, 5.41) is 0. The molecule has 170 valence electrons.